The van der Waals surface area contributed by atoms with Crippen molar-refractivity contribution in [1.29, 1.82) is 0 Å². The number of hydrogen-bond acceptors (Lipinski definition) is 5. The number of aliphatic hydroxyl groups excluding tert-OH is 1. The Labute approximate surface area is 171 Å². The van der Waals surface area contributed by atoms with Crippen molar-refractivity contribution in [2.45, 2.75) is 26.1 Å². The summed E-state index contributed by atoms with van der Waals surface area (Å²) < 4.78 is 48.1. The molecule has 0 saturated heterocycles. The van der Waals surface area contributed by atoms with Crippen molar-refractivity contribution in [1.82, 2.24) is 10.2 Å². The van der Waals surface area contributed by atoms with Crippen LogP contribution in [0.25, 0.3) is 0 Å². The number of likely N-dealkylation sites (N-methyl/N-ethyl adjacent to an activating group) is 1. The van der Waals surface area contributed by atoms with Gasteiger partial charge in [-0.2, -0.15) is 13.2 Å². The van der Waals surface area contributed by atoms with E-state index in [9.17, 15) is 27.9 Å². The SMILES string of the molecule is Cc1cc(C(=O)NCC(=O)N(C)CC(O)COc2ccc(C(F)(F)F)cc2)c(C)o1. The Bertz CT molecular complexity index is 878. The Morgan fingerprint density at radius 2 is 1.87 bits per heavy atom. The van der Waals surface area contributed by atoms with Crippen molar-refractivity contribution < 1.29 is 37.0 Å². The molecular formula is C20H23F3N2O5. The molecule has 0 saturated carbocycles. The summed E-state index contributed by atoms with van der Waals surface area (Å²) in [6.45, 7) is 2.77. The van der Waals surface area contributed by atoms with E-state index in [-0.39, 0.29) is 25.4 Å². The quantitative estimate of drug-likeness (QED) is 0.674. The number of nitrogens with one attached hydrogen (secondary N) is 1. The van der Waals surface area contributed by atoms with Crippen LogP contribution in [0, 0.1) is 13.8 Å². The standard InChI is InChI=1S/C20H23F3N2O5/c1-12-8-17(13(2)30-12)19(28)24-9-18(27)25(3)10-15(26)11-29-16-6-4-14(5-7-16)20(21,22)23/h4-8,15,26H,9-11H2,1-3H3,(H,24,28). The Balaban J connectivity index is 1.76. The van der Waals surface area contributed by atoms with Gasteiger partial charge < -0.3 is 24.5 Å². The van der Waals surface area contributed by atoms with Gasteiger partial charge in [0.15, 0.2) is 0 Å². The summed E-state index contributed by atoms with van der Waals surface area (Å²) in [6.07, 6.45) is -5.51. The van der Waals surface area contributed by atoms with Gasteiger partial charge in [0, 0.05) is 13.6 Å². The highest BCUT2D eigenvalue weighted by molar-refractivity contribution is 5.97. The van der Waals surface area contributed by atoms with Crippen LogP contribution < -0.4 is 10.1 Å². The molecule has 0 aliphatic heterocycles. The topological polar surface area (TPSA) is 92.0 Å². The van der Waals surface area contributed by atoms with Crippen molar-refractivity contribution in [3.05, 3.63) is 53.0 Å². The molecule has 1 aromatic heterocycles. The van der Waals surface area contributed by atoms with E-state index in [2.05, 4.69) is 5.32 Å². The van der Waals surface area contributed by atoms with Crippen molar-refractivity contribution in [3.63, 3.8) is 0 Å². The second-order valence-electron chi connectivity index (χ2n) is 6.77. The molecule has 0 radical (unpaired) electrons. The minimum Gasteiger partial charge on any atom is -0.491 e. The summed E-state index contributed by atoms with van der Waals surface area (Å²) in [6, 6.07) is 5.63. The third-order valence-electron chi connectivity index (χ3n) is 4.22. The van der Waals surface area contributed by atoms with Gasteiger partial charge in [0.05, 0.1) is 17.7 Å². The summed E-state index contributed by atoms with van der Waals surface area (Å²) in [5.74, 6) is 0.306. The lowest BCUT2D eigenvalue weighted by Crippen LogP contribution is -2.42. The Morgan fingerprint density at radius 3 is 2.40 bits per heavy atom. The fourth-order valence-electron chi connectivity index (χ4n) is 2.65. The zero-order valence-corrected chi connectivity index (χ0v) is 16.7. The van der Waals surface area contributed by atoms with E-state index in [0.29, 0.717) is 17.1 Å². The van der Waals surface area contributed by atoms with Gasteiger partial charge >= 0.3 is 6.18 Å². The predicted molar refractivity (Wildman–Crippen MR) is 101 cm³/mol. The van der Waals surface area contributed by atoms with Crippen LogP contribution in [-0.4, -0.2) is 54.7 Å². The molecular weight excluding hydrogens is 405 g/mol. The molecule has 164 valence electrons. The van der Waals surface area contributed by atoms with Gasteiger partial charge in [-0.25, -0.2) is 0 Å². The number of halogens is 3. The van der Waals surface area contributed by atoms with Gasteiger partial charge in [0.2, 0.25) is 5.91 Å². The van der Waals surface area contributed by atoms with Gasteiger partial charge in [-0.3, -0.25) is 9.59 Å². The molecule has 1 atom stereocenters. The average molecular weight is 428 g/mol. The first-order valence-electron chi connectivity index (χ1n) is 9.04. The van der Waals surface area contributed by atoms with Gasteiger partial charge in [0.1, 0.15) is 30.0 Å². The maximum Gasteiger partial charge on any atom is 0.416 e. The number of nitrogens with zero attached hydrogens (tertiary/aromatic N) is 1. The molecule has 2 rings (SSSR count). The van der Waals surface area contributed by atoms with Crippen molar-refractivity contribution in [2.24, 2.45) is 0 Å². The molecule has 0 spiro atoms. The van der Waals surface area contributed by atoms with Gasteiger partial charge in [-0.1, -0.05) is 0 Å². The van der Waals surface area contributed by atoms with Crippen molar-refractivity contribution >= 4 is 11.8 Å². The molecule has 30 heavy (non-hydrogen) atoms. The number of ether oxygens (including phenoxy) is 1. The number of aliphatic hydroxyl groups is 1. The minimum absolute atomic E-state index is 0.0841. The third-order valence-corrected chi connectivity index (χ3v) is 4.22. The van der Waals surface area contributed by atoms with Crippen LogP contribution in [0.4, 0.5) is 13.2 Å². The summed E-state index contributed by atoms with van der Waals surface area (Å²) in [5, 5.41) is 12.5. The first-order chi connectivity index (χ1) is 14.0. The van der Waals surface area contributed by atoms with Crippen LogP contribution in [0.1, 0.15) is 27.4 Å². The van der Waals surface area contributed by atoms with Gasteiger partial charge in [-0.15, -0.1) is 0 Å². The summed E-state index contributed by atoms with van der Waals surface area (Å²) in [4.78, 5) is 25.4. The van der Waals surface area contributed by atoms with E-state index in [1.807, 2.05) is 0 Å². The lowest BCUT2D eigenvalue weighted by molar-refractivity contribution is -0.137. The number of carbonyl (C=O) groups is 2. The molecule has 0 bridgehead atoms. The highest BCUT2D eigenvalue weighted by Crippen LogP contribution is 2.30. The molecule has 10 heteroatoms. The van der Waals surface area contributed by atoms with Crippen molar-refractivity contribution in [2.75, 3.05) is 26.7 Å². The molecule has 0 aliphatic rings. The molecule has 1 aromatic carbocycles. The molecule has 2 aromatic rings. The van der Waals surface area contributed by atoms with Crippen LogP contribution in [0.5, 0.6) is 5.75 Å². The average Bonchev–Trinajstić information content (AvgIpc) is 3.01. The second-order valence-corrected chi connectivity index (χ2v) is 6.77. The monoisotopic (exact) mass is 428 g/mol. The van der Waals surface area contributed by atoms with E-state index in [4.69, 9.17) is 9.15 Å². The molecule has 1 unspecified atom stereocenters. The molecule has 0 fully saturated rings. The van der Waals surface area contributed by atoms with Crippen LogP contribution >= 0.6 is 0 Å². The largest absolute Gasteiger partial charge is 0.491 e. The maximum atomic E-state index is 12.5. The summed E-state index contributed by atoms with van der Waals surface area (Å²) in [5.41, 5.74) is -0.462. The van der Waals surface area contributed by atoms with E-state index in [1.165, 1.54) is 11.9 Å². The number of amides is 2. The van der Waals surface area contributed by atoms with E-state index < -0.39 is 29.7 Å². The first kappa shape index (κ1) is 23.3. The van der Waals surface area contributed by atoms with Crippen LogP contribution in [0.3, 0.4) is 0 Å². The second kappa shape index (κ2) is 9.66. The molecule has 1 heterocycles. The molecule has 0 aliphatic carbocycles. The molecule has 7 nitrogen and oxygen atoms in total. The zero-order valence-electron chi connectivity index (χ0n) is 16.7. The van der Waals surface area contributed by atoms with Crippen LogP contribution in [0.2, 0.25) is 0 Å². The lowest BCUT2D eigenvalue weighted by atomic mass is 10.2. The minimum atomic E-state index is -4.44. The fraction of sp³-hybridized carbons (Fsp3) is 0.400. The third kappa shape index (κ3) is 6.51. The highest BCUT2D eigenvalue weighted by Gasteiger charge is 2.30. The van der Waals surface area contributed by atoms with Crippen molar-refractivity contribution in [3.8, 4) is 5.75 Å². The van der Waals surface area contributed by atoms with E-state index in [1.54, 1.807) is 19.9 Å². The first-order valence-corrected chi connectivity index (χ1v) is 9.04. The number of benzene rings is 1. The zero-order chi connectivity index (χ0) is 22.5. The number of rotatable bonds is 8. The summed E-state index contributed by atoms with van der Waals surface area (Å²) in [7, 11) is 1.45. The maximum absolute atomic E-state index is 12.5. The van der Waals surface area contributed by atoms with Gasteiger partial charge in [0.25, 0.3) is 5.91 Å². The fourth-order valence-corrected chi connectivity index (χ4v) is 2.65. The van der Waals surface area contributed by atoms with E-state index in [0.717, 1.165) is 24.3 Å². The number of hydrogen-bond donors (Lipinski definition) is 2. The van der Waals surface area contributed by atoms with Crippen LogP contribution in [-0.2, 0) is 11.0 Å². The number of carbonyl (C=O) groups excluding carboxylic acids is 2. The number of aryl methyl sites for hydroxylation is 2. The summed E-state index contributed by atoms with van der Waals surface area (Å²) >= 11 is 0. The molecule has 2 N–H and O–H groups in total. The molecule has 2 amide bonds. The Morgan fingerprint density at radius 1 is 1.23 bits per heavy atom. The van der Waals surface area contributed by atoms with E-state index >= 15 is 0 Å². The highest BCUT2D eigenvalue weighted by atomic mass is 19.4. The number of furan rings is 1. The predicted octanol–water partition coefficient (Wildman–Crippen LogP) is 2.54. The lowest BCUT2D eigenvalue weighted by Gasteiger charge is -2.21. The number of alkyl halides is 3. The Hall–Kier alpha value is -3.01. The smallest absolute Gasteiger partial charge is 0.416 e. The van der Waals surface area contributed by atoms with Gasteiger partial charge in [-0.05, 0) is 44.2 Å². The normalized spacial score (nSPS) is 12.4. The Kier molecular flexibility index (Phi) is 7.49. The van der Waals surface area contributed by atoms with Crippen LogP contribution in [0.15, 0.2) is 34.7 Å².